The van der Waals surface area contributed by atoms with Crippen LogP contribution in [0.5, 0.6) is 0 Å². The van der Waals surface area contributed by atoms with Gasteiger partial charge in [0.2, 0.25) is 5.91 Å². The Morgan fingerprint density at radius 1 is 1.29 bits per heavy atom. The number of nitrogens with one attached hydrogen (secondary N) is 2. The predicted octanol–water partition coefficient (Wildman–Crippen LogP) is 1.54. The standard InChI is InChI=1S/C18H24N6O3S/c1-12-15(11-19)18(28-22-12)23(3)21-16-5-4-14(10-17(16)20-13(2)27)24(6-8-25)7-9-26/h4-5,10,21,25-26H,6-9H2,1-3H3,(H,20,27). The van der Waals surface area contributed by atoms with E-state index in [0.29, 0.717) is 40.7 Å². The van der Waals surface area contributed by atoms with Gasteiger partial charge >= 0.3 is 0 Å². The zero-order chi connectivity index (χ0) is 20.7. The number of carbonyl (C=O) groups excluding carboxylic acids is 1. The van der Waals surface area contributed by atoms with Gasteiger partial charge < -0.3 is 20.4 Å². The number of rotatable bonds is 9. The molecule has 0 atom stereocenters. The maximum absolute atomic E-state index is 11.7. The number of hydrazine groups is 1. The average Bonchev–Trinajstić information content (AvgIpc) is 3.03. The van der Waals surface area contributed by atoms with Crippen LogP contribution in [0.25, 0.3) is 0 Å². The lowest BCUT2D eigenvalue weighted by Crippen LogP contribution is -2.30. The van der Waals surface area contributed by atoms with Crippen LogP contribution >= 0.6 is 11.5 Å². The fraction of sp³-hybridized carbons (Fsp3) is 0.389. The summed E-state index contributed by atoms with van der Waals surface area (Å²) in [5, 5.41) is 33.0. The molecule has 1 heterocycles. The highest BCUT2D eigenvalue weighted by molar-refractivity contribution is 7.10. The Morgan fingerprint density at radius 2 is 1.96 bits per heavy atom. The molecule has 28 heavy (non-hydrogen) atoms. The fourth-order valence-corrected chi connectivity index (χ4v) is 3.45. The molecule has 0 bridgehead atoms. The van der Waals surface area contributed by atoms with E-state index >= 15 is 0 Å². The van der Waals surface area contributed by atoms with Crippen LogP contribution in [-0.2, 0) is 4.79 Å². The van der Waals surface area contributed by atoms with Gasteiger partial charge in [-0.15, -0.1) is 0 Å². The number of hydrogen-bond acceptors (Lipinski definition) is 9. The summed E-state index contributed by atoms with van der Waals surface area (Å²) in [4.78, 5) is 13.5. The second-order valence-corrected chi connectivity index (χ2v) is 6.83. The molecule has 0 aliphatic heterocycles. The van der Waals surface area contributed by atoms with E-state index in [2.05, 4.69) is 21.2 Å². The van der Waals surface area contributed by atoms with Gasteiger partial charge in [-0.3, -0.25) is 15.2 Å². The molecule has 2 rings (SSSR count). The Bertz CT molecular complexity index is 857. The Balaban J connectivity index is 2.34. The van der Waals surface area contributed by atoms with Crippen molar-refractivity contribution in [1.82, 2.24) is 4.37 Å². The van der Waals surface area contributed by atoms with E-state index in [0.717, 1.165) is 5.69 Å². The van der Waals surface area contributed by atoms with Gasteiger partial charge in [-0.2, -0.15) is 9.64 Å². The van der Waals surface area contributed by atoms with Crippen molar-refractivity contribution in [2.24, 2.45) is 0 Å². The molecule has 0 aliphatic rings. The molecular weight excluding hydrogens is 380 g/mol. The van der Waals surface area contributed by atoms with Crippen molar-refractivity contribution in [2.45, 2.75) is 13.8 Å². The van der Waals surface area contributed by atoms with E-state index in [-0.39, 0.29) is 19.1 Å². The van der Waals surface area contributed by atoms with Crippen LogP contribution in [0.15, 0.2) is 18.2 Å². The van der Waals surface area contributed by atoms with E-state index in [4.69, 9.17) is 0 Å². The van der Waals surface area contributed by atoms with E-state index in [9.17, 15) is 20.3 Å². The average molecular weight is 404 g/mol. The van der Waals surface area contributed by atoms with Gasteiger partial charge in [0, 0.05) is 32.7 Å². The van der Waals surface area contributed by atoms with Crippen molar-refractivity contribution < 1.29 is 15.0 Å². The zero-order valence-corrected chi connectivity index (χ0v) is 16.9. The Hall–Kier alpha value is -2.87. The molecule has 150 valence electrons. The number of carbonyl (C=O) groups is 1. The second kappa shape index (κ2) is 9.89. The fourth-order valence-electron chi connectivity index (χ4n) is 2.68. The summed E-state index contributed by atoms with van der Waals surface area (Å²) in [5.41, 5.74) is 6.25. The Morgan fingerprint density at radius 3 is 2.54 bits per heavy atom. The third-order valence-corrected chi connectivity index (χ3v) is 4.98. The van der Waals surface area contributed by atoms with Crippen LogP contribution in [0.3, 0.4) is 0 Å². The first-order valence-electron chi connectivity index (χ1n) is 8.66. The lowest BCUT2D eigenvalue weighted by molar-refractivity contribution is -0.114. The third-order valence-electron chi connectivity index (χ3n) is 3.97. The largest absolute Gasteiger partial charge is 0.395 e. The molecule has 0 saturated heterocycles. The molecular formula is C18H24N6O3S. The topological polar surface area (TPSA) is 125 Å². The van der Waals surface area contributed by atoms with Gasteiger partial charge in [-0.05, 0) is 36.7 Å². The minimum absolute atomic E-state index is 0.0557. The monoisotopic (exact) mass is 404 g/mol. The van der Waals surface area contributed by atoms with Crippen molar-refractivity contribution in [1.29, 1.82) is 5.26 Å². The van der Waals surface area contributed by atoms with Crippen LogP contribution in [0.4, 0.5) is 22.1 Å². The third kappa shape index (κ3) is 5.10. The molecule has 9 nitrogen and oxygen atoms in total. The number of nitriles is 1. The van der Waals surface area contributed by atoms with Crippen molar-refractivity contribution in [2.75, 3.05) is 54.0 Å². The molecule has 10 heteroatoms. The maximum atomic E-state index is 11.7. The highest BCUT2D eigenvalue weighted by Crippen LogP contribution is 2.31. The summed E-state index contributed by atoms with van der Waals surface area (Å²) < 4.78 is 4.21. The predicted molar refractivity (Wildman–Crippen MR) is 111 cm³/mol. The molecule has 1 amide bonds. The van der Waals surface area contributed by atoms with E-state index in [1.54, 1.807) is 31.1 Å². The molecule has 0 spiro atoms. The summed E-state index contributed by atoms with van der Waals surface area (Å²) in [5.74, 6) is -0.231. The number of nitrogens with zero attached hydrogens (tertiary/aromatic N) is 4. The molecule has 0 fully saturated rings. The summed E-state index contributed by atoms with van der Waals surface area (Å²) in [7, 11) is 1.77. The van der Waals surface area contributed by atoms with Crippen LogP contribution in [0.2, 0.25) is 0 Å². The maximum Gasteiger partial charge on any atom is 0.221 e. The van der Waals surface area contributed by atoms with Crippen molar-refractivity contribution in [3.63, 3.8) is 0 Å². The number of anilines is 4. The lowest BCUT2D eigenvalue weighted by Gasteiger charge is -2.26. The summed E-state index contributed by atoms with van der Waals surface area (Å²) >= 11 is 1.21. The first-order chi connectivity index (χ1) is 13.4. The van der Waals surface area contributed by atoms with Crippen LogP contribution in [-0.4, -0.2) is 53.8 Å². The summed E-state index contributed by atoms with van der Waals surface area (Å²) in [6.07, 6.45) is 0. The Kier molecular flexibility index (Phi) is 7.57. The quantitative estimate of drug-likeness (QED) is 0.464. The number of amides is 1. The number of benzene rings is 1. The van der Waals surface area contributed by atoms with Gasteiger partial charge in [-0.1, -0.05) is 0 Å². The van der Waals surface area contributed by atoms with Crippen LogP contribution in [0.1, 0.15) is 18.2 Å². The molecule has 1 aromatic heterocycles. The number of aryl methyl sites for hydroxylation is 1. The zero-order valence-electron chi connectivity index (χ0n) is 16.1. The number of aliphatic hydroxyl groups excluding tert-OH is 2. The lowest BCUT2D eigenvalue weighted by atomic mass is 10.2. The highest BCUT2D eigenvalue weighted by atomic mass is 32.1. The van der Waals surface area contributed by atoms with Crippen molar-refractivity contribution in [3.05, 3.63) is 29.5 Å². The highest BCUT2D eigenvalue weighted by Gasteiger charge is 2.16. The van der Waals surface area contributed by atoms with Gasteiger partial charge in [-0.25, -0.2) is 0 Å². The SMILES string of the molecule is CC(=O)Nc1cc(N(CCO)CCO)ccc1NN(C)c1snc(C)c1C#N. The second-order valence-electron chi connectivity index (χ2n) is 6.08. The molecule has 2 aromatic rings. The molecule has 1 aromatic carbocycles. The molecule has 4 N–H and O–H groups in total. The first kappa shape index (κ1) is 21.4. The smallest absolute Gasteiger partial charge is 0.221 e. The van der Waals surface area contributed by atoms with E-state index in [1.165, 1.54) is 18.5 Å². The van der Waals surface area contributed by atoms with Gasteiger partial charge in [0.1, 0.15) is 16.6 Å². The normalized spacial score (nSPS) is 10.3. The van der Waals surface area contributed by atoms with Crippen LogP contribution in [0, 0.1) is 18.3 Å². The van der Waals surface area contributed by atoms with Gasteiger partial charge in [0.25, 0.3) is 0 Å². The molecule has 0 saturated carbocycles. The molecule has 0 radical (unpaired) electrons. The van der Waals surface area contributed by atoms with E-state index < -0.39 is 0 Å². The molecule has 0 aliphatic carbocycles. The number of hydrogen-bond donors (Lipinski definition) is 4. The Labute approximate surface area is 168 Å². The van der Waals surface area contributed by atoms with Crippen molar-refractivity contribution in [3.8, 4) is 6.07 Å². The number of aromatic nitrogens is 1. The minimum atomic E-state index is -0.231. The minimum Gasteiger partial charge on any atom is -0.395 e. The van der Waals surface area contributed by atoms with Gasteiger partial charge in [0.15, 0.2) is 0 Å². The number of aliphatic hydroxyl groups is 2. The summed E-state index contributed by atoms with van der Waals surface area (Å²) in [6, 6.07) is 7.54. The summed E-state index contributed by atoms with van der Waals surface area (Å²) in [6.45, 7) is 3.80. The van der Waals surface area contributed by atoms with Gasteiger partial charge in [0.05, 0.1) is 30.3 Å². The van der Waals surface area contributed by atoms with E-state index in [1.807, 2.05) is 11.0 Å². The molecule has 0 unspecified atom stereocenters. The van der Waals surface area contributed by atoms with Crippen molar-refractivity contribution >= 4 is 39.5 Å². The first-order valence-corrected chi connectivity index (χ1v) is 9.43. The van der Waals surface area contributed by atoms with Crippen LogP contribution < -0.4 is 20.7 Å².